The van der Waals surface area contributed by atoms with Gasteiger partial charge in [-0.25, -0.2) is 4.79 Å². The largest absolute Gasteiger partial charge is 0.480 e. The molecule has 1 aliphatic rings. The third-order valence-electron chi connectivity index (χ3n) is 4.52. The summed E-state index contributed by atoms with van der Waals surface area (Å²) < 4.78 is 0. The Kier molecular flexibility index (Phi) is 7.58. The molecule has 3 N–H and O–H groups in total. The predicted molar refractivity (Wildman–Crippen MR) is 102 cm³/mol. The molecule has 0 radical (unpaired) electrons. The molecule has 1 aliphatic carbocycles. The number of benzene rings is 1. The molecule has 0 heterocycles. The summed E-state index contributed by atoms with van der Waals surface area (Å²) in [7, 11) is 0. The van der Waals surface area contributed by atoms with Crippen molar-refractivity contribution in [2.45, 2.75) is 38.3 Å². The number of carbonyl (C=O) groups excluding carboxylic acids is 1. The molecule has 0 saturated heterocycles. The van der Waals surface area contributed by atoms with Gasteiger partial charge in [-0.1, -0.05) is 19.1 Å². The van der Waals surface area contributed by atoms with Crippen LogP contribution in [0.5, 0.6) is 0 Å². The first-order chi connectivity index (χ1) is 12.0. The van der Waals surface area contributed by atoms with Crippen molar-refractivity contribution >= 4 is 29.4 Å². The first-order valence-electron chi connectivity index (χ1n) is 8.63. The normalized spacial score (nSPS) is 19.3. The smallest absolute Gasteiger partial charge is 0.319 e. The molecule has 0 aliphatic heterocycles. The van der Waals surface area contributed by atoms with Gasteiger partial charge in [-0.05, 0) is 55.5 Å². The van der Waals surface area contributed by atoms with E-state index in [0.29, 0.717) is 6.54 Å². The van der Waals surface area contributed by atoms with Crippen molar-refractivity contribution in [3.8, 4) is 0 Å². The highest BCUT2D eigenvalue weighted by atomic mass is 32.2. The van der Waals surface area contributed by atoms with E-state index in [0.717, 1.165) is 30.7 Å². The molecule has 6 nitrogen and oxygen atoms in total. The Bertz CT molecular complexity index is 573. The van der Waals surface area contributed by atoms with Crippen LogP contribution in [0.25, 0.3) is 0 Å². The van der Waals surface area contributed by atoms with Crippen LogP contribution in [0.3, 0.4) is 0 Å². The summed E-state index contributed by atoms with van der Waals surface area (Å²) in [6, 6.07) is 8.05. The van der Waals surface area contributed by atoms with E-state index in [2.05, 4.69) is 16.9 Å². The number of aliphatic carboxylic acids is 1. The second-order valence-electron chi connectivity index (χ2n) is 6.32. The highest BCUT2D eigenvalue weighted by Gasteiger charge is 2.34. The van der Waals surface area contributed by atoms with E-state index in [-0.39, 0.29) is 24.7 Å². The Morgan fingerprint density at radius 2 is 1.96 bits per heavy atom. The molecule has 0 spiro atoms. The van der Waals surface area contributed by atoms with Gasteiger partial charge in [0, 0.05) is 17.8 Å². The highest BCUT2D eigenvalue weighted by molar-refractivity contribution is 7.98. The van der Waals surface area contributed by atoms with Crippen LogP contribution in [0.2, 0.25) is 0 Å². The van der Waals surface area contributed by atoms with Gasteiger partial charge in [0.1, 0.15) is 0 Å². The number of hydrogen-bond acceptors (Lipinski definition) is 4. The number of likely N-dealkylation sites (N-methyl/N-ethyl adjacent to an activating group) is 1. The van der Waals surface area contributed by atoms with Gasteiger partial charge in [0.2, 0.25) is 0 Å². The van der Waals surface area contributed by atoms with E-state index in [4.69, 9.17) is 5.11 Å². The van der Waals surface area contributed by atoms with Gasteiger partial charge in [0.05, 0.1) is 6.54 Å². The molecule has 0 aromatic heterocycles. The number of carboxylic acids is 1. The Hall–Kier alpha value is -1.73. The summed E-state index contributed by atoms with van der Waals surface area (Å²) >= 11 is 1.82. The summed E-state index contributed by atoms with van der Waals surface area (Å²) in [6.45, 7) is 2.72. The van der Waals surface area contributed by atoms with Crippen LogP contribution >= 0.6 is 11.8 Å². The minimum atomic E-state index is -0.808. The molecule has 0 bridgehead atoms. The summed E-state index contributed by atoms with van der Waals surface area (Å²) in [5.74, 6) is 0.282. The van der Waals surface area contributed by atoms with Crippen LogP contribution in [-0.4, -0.2) is 59.2 Å². The van der Waals surface area contributed by atoms with Gasteiger partial charge in [-0.3, -0.25) is 9.69 Å². The summed E-state index contributed by atoms with van der Waals surface area (Å²) in [5, 5.41) is 14.7. The first-order valence-corrected chi connectivity index (χ1v) is 10.0. The number of thioether (sulfide) groups is 1. The molecule has 1 aromatic rings. The van der Waals surface area contributed by atoms with Gasteiger partial charge in [-0.15, -0.1) is 0 Å². The Morgan fingerprint density at radius 3 is 2.52 bits per heavy atom. The third-order valence-corrected chi connectivity index (χ3v) is 5.13. The fourth-order valence-corrected chi connectivity index (χ4v) is 3.44. The topological polar surface area (TPSA) is 81.7 Å². The predicted octanol–water partition coefficient (Wildman–Crippen LogP) is 2.65. The van der Waals surface area contributed by atoms with Crippen LogP contribution in [0, 0.1) is 0 Å². The van der Waals surface area contributed by atoms with Crippen molar-refractivity contribution in [2.75, 3.05) is 30.4 Å². The van der Waals surface area contributed by atoms with E-state index in [9.17, 15) is 9.59 Å². The monoisotopic (exact) mass is 365 g/mol. The van der Waals surface area contributed by atoms with Crippen LogP contribution in [0.1, 0.15) is 25.3 Å². The van der Waals surface area contributed by atoms with Gasteiger partial charge in [0.15, 0.2) is 0 Å². The average molecular weight is 365 g/mol. The van der Waals surface area contributed by atoms with E-state index >= 15 is 0 Å². The lowest BCUT2D eigenvalue weighted by atomic mass is 9.85. The Morgan fingerprint density at radius 1 is 1.28 bits per heavy atom. The SMILES string of the molecule is CCN(CC(=O)O)C1CC(NC(=O)Nc2ccc(CCSC)cc2)C1. The molecule has 0 atom stereocenters. The second-order valence-corrected chi connectivity index (χ2v) is 7.30. The van der Waals surface area contributed by atoms with E-state index in [1.165, 1.54) is 5.56 Å². The molecule has 2 rings (SSSR count). The van der Waals surface area contributed by atoms with Crippen LogP contribution in [0.15, 0.2) is 24.3 Å². The van der Waals surface area contributed by atoms with Crippen molar-refractivity contribution in [1.82, 2.24) is 10.2 Å². The number of aryl methyl sites for hydroxylation is 1. The lowest BCUT2D eigenvalue weighted by Gasteiger charge is -2.42. The van der Waals surface area contributed by atoms with E-state index in [1.54, 1.807) is 0 Å². The van der Waals surface area contributed by atoms with Crippen molar-refractivity contribution < 1.29 is 14.7 Å². The number of urea groups is 1. The first kappa shape index (κ1) is 19.6. The van der Waals surface area contributed by atoms with Crippen LogP contribution in [-0.2, 0) is 11.2 Å². The van der Waals surface area contributed by atoms with Crippen molar-refractivity contribution in [2.24, 2.45) is 0 Å². The molecule has 1 fully saturated rings. The quantitative estimate of drug-likeness (QED) is 0.627. The number of hydrogen-bond donors (Lipinski definition) is 3. The fraction of sp³-hybridized carbons (Fsp3) is 0.556. The summed E-state index contributed by atoms with van der Waals surface area (Å²) in [6.07, 6.45) is 4.71. The lowest BCUT2D eigenvalue weighted by Crippen LogP contribution is -2.55. The zero-order valence-corrected chi connectivity index (χ0v) is 15.6. The maximum atomic E-state index is 12.1. The maximum absolute atomic E-state index is 12.1. The highest BCUT2D eigenvalue weighted by Crippen LogP contribution is 2.25. The molecule has 1 saturated carbocycles. The van der Waals surface area contributed by atoms with Gasteiger partial charge in [0.25, 0.3) is 0 Å². The van der Waals surface area contributed by atoms with Crippen molar-refractivity contribution in [3.63, 3.8) is 0 Å². The molecular weight excluding hydrogens is 338 g/mol. The number of carbonyl (C=O) groups is 2. The molecule has 0 unspecified atom stereocenters. The summed E-state index contributed by atoms with van der Waals surface area (Å²) in [4.78, 5) is 24.8. The maximum Gasteiger partial charge on any atom is 0.319 e. The van der Waals surface area contributed by atoms with Crippen molar-refractivity contribution in [3.05, 3.63) is 29.8 Å². The zero-order chi connectivity index (χ0) is 18.2. The Balaban J connectivity index is 1.72. The molecule has 7 heteroatoms. The van der Waals surface area contributed by atoms with E-state index in [1.807, 2.05) is 47.9 Å². The fourth-order valence-electron chi connectivity index (χ4n) is 3.00. The summed E-state index contributed by atoms with van der Waals surface area (Å²) in [5.41, 5.74) is 2.04. The standard InChI is InChI=1S/C18H27N3O3S/c1-3-21(12-17(22)23)16-10-15(11-16)20-18(24)19-14-6-4-13(5-7-14)8-9-25-2/h4-7,15-16H,3,8-12H2,1-2H3,(H,22,23)(H2,19,20,24). The van der Waals surface area contributed by atoms with Crippen molar-refractivity contribution in [1.29, 1.82) is 0 Å². The second kappa shape index (κ2) is 9.68. The van der Waals surface area contributed by atoms with Gasteiger partial charge >= 0.3 is 12.0 Å². The molecular formula is C18H27N3O3S. The Labute approximate surface area is 153 Å². The van der Waals surface area contributed by atoms with Crippen LogP contribution in [0.4, 0.5) is 10.5 Å². The molecule has 138 valence electrons. The third kappa shape index (κ3) is 6.25. The zero-order valence-electron chi connectivity index (χ0n) is 14.8. The number of amides is 2. The lowest BCUT2D eigenvalue weighted by molar-refractivity contribution is -0.139. The minimum Gasteiger partial charge on any atom is -0.480 e. The number of anilines is 1. The number of nitrogens with zero attached hydrogens (tertiary/aromatic N) is 1. The van der Waals surface area contributed by atoms with E-state index < -0.39 is 5.97 Å². The molecule has 2 amide bonds. The number of nitrogens with one attached hydrogen (secondary N) is 2. The minimum absolute atomic E-state index is 0.0585. The van der Waals surface area contributed by atoms with Gasteiger partial charge < -0.3 is 15.7 Å². The van der Waals surface area contributed by atoms with Gasteiger partial charge in [-0.2, -0.15) is 11.8 Å². The van der Waals surface area contributed by atoms with Crippen LogP contribution < -0.4 is 10.6 Å². The number of carboxylic acid groups (broad SMARTS) is 1. The number of rotatable bonds is 9. The molecule has 25 heavy (non-hydrogen) atoms. The average Bonchev–Trinajstić information content (AvgIpc) is 2.55. The molecule has 1 aromatic carbocycles.